The maximum absolute atomic E-state index is 6.78. The molecule has 4 aromatic carbocycles. The molecule has 0 spiro atoms. The highest BCUT2D eigenvalue weighted by Crippen LogP contribution is 2.59. The predicted octanol–water partition coefficient (Wildman–Crippen LogP) is 11.2. The van der Waals surface area contributed by atoms with Crippen LogP contribution in [0.1, 0.15) is 60.8 Å². The molecule has 4 nitrogen and oxygen atoms in total. The summed E-state index contributed by atoms with van der Waals surface area (Å²) in [5, 5.41) is 2.39. The summed E-state index contributed by atoms with van der Waals surface area (Å²) in [6.07, 6.45) is 5.99. The van der Waals surface area contributed by atoms with E-state index in [2.05, 4.69) is 48.5 Å². The molecule has 2 aliphatic rings. The fourth-order valence-corrected chi connectivity index (χ4v) is 9.25. The second kappa shape index (κ2) is 13.4. The van der Waals surface area contributed by atoms with Crippen molar-refractivity contribution in [3.8, 4) is 23.0 Å². The van der Waals surface area contributed by atoms with Crippen LogP contribution in [0.5, 0.6) is 23.0 Å². The van der Waals surface area contributed by atoms with Crippen LogP contribution in [0.15, 0.2) is 72.8 Å². The monoisotopic (exact) mass is 698 g/mol. The Kier molecular flexibility index (Phi) is 9.65. The lowest BCUT2D eigenvalue weighted by Crippen LogP contribution is -2.45. The number of hydrogen-bond acceptors (Lipinski definition) is 4. The van der Waals surface area contributed by atoms with Gasteiger partial charge in [-0.1, -0.05) is 70.7 Å². The molecule has 46 heavy (non-hydrogen) atoms. The molecule has 4 aromatic rings. The first-order valence-electron chi connectivity index (χ1n) is 15.5. The summed E-state index contributed by atoms with van der Waals surface area (Å²) >= 11 is 27.1. The van der Waals surface area contributed by atoms with Gasteiger partial charge < -0.3 is 18.9 Å². The van der Waals surface area contributed by atoms with Crippen molar-refractivity contribution in [2.24, 2.45) is 11.8 Å². The van der Waals surface area contributed by atoms with Crippen LogP contribution in [0.3, 0.4) is 0 Å². The number of benzene rings is 4. The second-order valence-electron chi connectivity index (χ2n) is 12.6. The number of ether oxygens (including phenoxy) is 4. The Morgan fingerprint density at radius 3 is 0.978 bits per heavy atom. The molecule has 0 bridgehead atoms. The molecule has 0 radical (unpaired) electrons. The van der Waals surface area contributed by atoms with Crippen LogP contribution in [-0.4, -0.2) is 28.4 Å². The third-order valence-corrected chi connectivity index (χ3v) is 11.8. The molecule has 0 heterocycles. The van der Waals surface area contributed by atoms with E-state index in [0.717, 1.165) is 60.8 Å². The third-order valence-electron chi connectivity index (χ3n) is 10.6. The SMILES string of the molecule is COc1ccc(C2(c3ccc(OC)c(Cl)c3)CCC3CCC(c4ccc(OC)c(Cl)c4)(c4ccc(OC)c(Cl)c4)CC3C2)cc1Cl. The molecule has 0 N–H and O–H groups in total. The highest BCUT2D eigenvalue weighted by atomic mass is 35.5. The van der Waals surface area contributed by atoms with E-state index in [0.29, 0.717) is 54.9 Å². The summed E-state index contributed by atoms with van der Waals surface area (Å²) in [5.41, 5.74) is 4.02. The average molecular weight is 701 g/mol. The summed E-state index contributed by atoms with van der Waals surface area (Å²) in [6, 6.07) is 24.8. The van der Waals surface area contributed by atoms with Crippen molar-refractivity contribution in [1.82, 2.24) is 0 Å². The fourth-order valence-electron chi connectivity index (χ4n) is 8.22. The van der Waals surface area contributed by atoms with Crippen molar-refractivity contribution in [1.29, 1.82) is 0 Å². The van der Waals surface area contributed by atoms with E-state index < -0.39 is 0 Å². The van der Waals surface area contributed by atoms with Gasteiger partial charge in [0.05, 0.1) is 48.5 Å². The van der Waals surface area contributed by atoms with E-state index in [1.54, 1.807) is 28.4 Å². The average Bonchev–Trinajstić information content (AvgIpc) is 3.07. The molecule has 0 unspecified atom stereocenters. The van der Waals surface area contributed by atoms with Gasteiger partial charge >= 0.3 is 0 Å². The first-order chi connectivity index (χ1) is 22.2. The molecule has 0 atom stereocenters. The lowest BCUT2D eigenvalue weighted by Gasteiger charge is -2.53. The van der Waals surface area contributed by atoms with Gasteiger partial charge in [-0.2, -0.15) is 0 Å². The van der Waals surface area contributed by atoms with Gasteiger partial charge in [0.1, 0.15) is 23.0 Å². The summed E-state index contributed by atoms with van der Waals surface area (Å²) in [7, 11) is 6.57. The molecule has 2 saturated carbocycles. The Bertz CT molecular complexity index is 1510. The van der Waals surface area contributed by atoms with Crippen molar-refractivity contribution in [3.63, 3.8) is 0 Å². The van der Waals surface area contributed by atoms with Crippen molar-refractivity contribution in [2.75, 3.05) is 28.4 Å². The topological polar surface area (TPSA) is 36.9 Å². The van der Waals surface area contributed by atoms with Crippen molar-refractivity contribution in [2.45, 2.75) is 49.4 Å². The molecule has 8 heteroatoms. The van der Waals surface area contributed by atoms with Crippen LogP contribution in [0, 0.1) is 11.8 Å². The van der Waals surface area contributed by atoms with E-state index in [1.807, 2.05) is 24.3 Å². The summed E-state index contributed by atoms with van der Waals surface area (Å²) in [5.74, 6) is 3.59. The maximum atomic E-state index is 6.78. The quantitative estimate of drug-likeness (QED) is 0.183. The first-order valence-corrected chi connectivity index (χ1v) is 17.0. The number of halogens is 4. The Morgan fingerprint density at radius 1 is 0.457 bits per heavy atom. The smallest absolute Gasteiger partial charge is 0.137 e. The zero-order chi connectivity index (χ0) is 32.6. The largest absolute Gasteiger partial charge is 0.495 e. The Balaban J connectivity index is 1.49. The molecule has 0 saturated heterocycles. The van der Waals surface area contributed by atoms with E-state index in [-0.39, 0.29) is 10.8 Å². The standard InChI is InChI=1S/C38H38Cl4O4/c1-43-33-9-5-25(17-29(33)39)37(26-6-10-34(44-2)30(40)18-26)15-13-23-14-16-38(22-24(23)21-37,27-7-11-35(45-3)31(41)19-27)28-8-12-36(46-4)32(42)20-28/h5-12,17-20,23-24H,13-16,21-22H2,1-4H3. The number of hydrogen-bond donors (Lipinski definition) is 0. The zero-order valence-electron chi connectivity index (χ0n) is 26.5. The molecule has 242 valence electrons. The van der Waals surface area contributed by atoms with Crippen LogP contribution in [-0.2, 0) is 10.8 Å². The van der Waals surface area contributed by atoms with E-state index in [4.69, 9.17) is 65.4 Å². The van der Waals surface area contributed by atoms with Gasteiger partial charge in [-0.25, -0.2) is 0 Å². The molecule has 0 aromatic heterocycles. The Morgan fingerprint density at radius 2 is 0.739 bits per heavy atom. The minimum atomic E-state index is -0.314. The third kappa shape index (κ3) is 5.81. The summed E-state index contributed by atoms with van der Waals surface area (Å²) < 4.78 is 22.1. The lowest BCUT2D eigenvalue weighted by molar-refractivity contribution is 0.0904. The minimum absolute atomic E-state index is 0.314. The van der Waals surface area contributed by atoms with Crippen LogP contribution >= 0.6 is 46.4 Å². The Hall–Kier alpha value is -2.76. The molecular formula is C38H38Cl4O4. The maximum Gasteiger partial charge on any atom is 0.137 e. The van der Waals surface area contributed by atoms with Gasteiger partial charge in [0.25, 0.3) is 0 Å². The second-order valence-corrected chi connectivity index (χ2v) is 14.2. The van der Waals surface area contributed by atoms with Gasteiger partial charge in [0.15, 0.2) is 0 Å². The zero-order valence-corrected chi connectivity index (χ0v) is 29.5. The number of methoxy groups -OCH3 is 4. The molecule has 6 rings (SSSR count). The summed E-state index contributed by atoms with van der Waals surface area (Å²) in [6.45, 7) is 0. The van der Waals surface area contributed by atoms with Crippen molar-refractivity contribution in [3.05, 3.63) is 115 Å². The first kappa shape index (κ1) is 33.2. The van der Waals surface area contributed by atoms with Gasteiger partial charge in [-0.3, -0.25) is 0 Å². The Labute approximate surface area is 291 Å². The van der Waals surface area contributed by atoms with Crippen molar-refractivity contribution < 1.29 is 18.9 Å². The van der Waals surface area contributed by atoms with E-state index >= 15 is 0 Å². The molecule has 0 aliphatic heterocycles. The number of rotatable bonds is 8. The van der Waals surface area contributed by atoms with Crippen LogP contribution < -0.4 is 18.9 Å². The number of fused-ring (bicyclic) bond motifs is 1. The van der Waals surface area contributed by atoms with Crippen molar-refractivity contribution >= 4 is 46.4 Å². The van der Waals surface area contributed by atoms with Gasteiger partial charge in [0.2, 0.25) is 0 Å². The van der Waals surface area contributed by atoms with Gasteiger partial charge in [-0.05, 0) is 121 Å². The van der Waals surface area contributed by atoms with Gasteiger partial charge in [-0.15, -0.1) is 0 Å². The molecule has 0 amide bonds. The van der Waals surface area contributed by atoms with Crippen LogP contribution in [0.2, 0.25) is 20.1 Å². The van der Waals surface area contributed by atoms with Crippen LogP contribution in [0.4, 0.5) is 0 Å². The highest BCUT2D eigenvalue weighted by molar-refractivity contribution is 6.33. The van der Waals surface area contributed by atoms with E-state index in [9.17, 15) is 0 Å². The predicted molar refractivity (Wildman–Crippen MR) is 188 cm³/mol. The van der Waals surface area contributed by atoms with Gasteiger partial charge in [0, 0.05) is 10.8 Å². The summed E-state index contributed by atoms with van der Waals surface area (Å²) in [4.78, 5) is 0. The molecule has 2 aliphatic carbocycles. The van der Waals surface area contributed by atoms with Crippen LogP contribution in [0.25, 0.3) is 0 Å². The lowest BCUT2D eigenvalue weighted by atomic mass is 9.51. The molecule has 2 fully saturated rings. The molecular weight excluding hydrogens is 662 g/mol. The fraction of sp³-hybridized carbons (Fsp3) is 0.368. The highest BCUT2D eigenvalue weighted by Gasteiger charge is 2.50. The van der Waals surface area contributed by atoms with E-state index in [1.165, 1.54) is 0 Å². The normalized spacial score (nSPS) is 20.0. The minimum Gasteiger partial charge on any atom is -0.495 e.